The van der Waals surface area contributed by atoms with Crippen molar-refractivity contribution < 1.29 is 8.42 Å². The topological polar surface area (TPSA) is 58.5 Å². The quantitative estimate of drug-likeness (QED) is 0.678. The zero-order valence-corrected chi connectivity index (χ0v) is 13.1. The number of hydrazone groups is 1. The number of hydrogen-bond acceptors (Lipinski definition) is 3. The van der Waals surface area contributed by atoms with Crippen LogP contribution < -0.4 is 4.83 Å². The van der Waals surface area contributed by atoms with Gasteiger partial charge in [0.25, 0.3) is 10.0 Å². The lowest BCUT2D eigenvalue weighted by molar-refractivity contribution is 0.584. The molecule has 0 saturated carbocycles. The normalized spacial score (nSPS) is 12.2. The van der Waals surface area contributed by atoms with Crippen LogP contribution >= 0.6 is 15.9 Å². The van der Waals surface area contributed by atoms with Crippen molar-refractivity contribution >= 4 is 31.7 Å². The molecule has 0 radical (unpaired) electrons. The van der Waals surface area contributed by atoms with Gasteiger partial charge in [0.1, 0.15) is 0 Å². The Labute approximate surface area is 126 Å². The highest BCUT2D eigenvalue weighted by atomic mass is 79.9. The fraction of sp³-hybridized carbons (Fsp3) is 0.0714. The van der Waals surface area contributed by atoms with Crippen molar-refractivity contribution in [1.82, 2.24) is 4.83 Å². The van der Waals surface area contributed by atoms with Crippen molar-refractivity contribution in [2.75, 3.05) is 0 Å². The average molecular weight is 353 g/mol. The van der Waals surface area contributed by atoms with E-state index >= 15 is 0 Å². The Balaban J connectivity index is 2.21. The monoisotopic (exact) mass is 352 g/mol. The zero-order chi connectivity index (χ0) is 14.6. The number of nitrogens with zero attached hydrogens (tertiary/aromatic N) is 1. The maximum absolute atomic E-state index is 12.0. The second-order valence-corrected chi connectivity index (χ2v) is 6.69. The minimum atomic E-state index is -3.62. The maximum atomic E-state index is 12.0. The van der Waals surface area contributed by atoms with E-state index in [0.29, 0.717) is 5.71 Å². The summed E-state index contributed by atoms with van der Waals surface area (Å²) in [6.07, 6.45) is 0. The molecule has 0 aliphatic rings. The van der Waals surface area contributed by atoms with Crippen molar-refractivity contribution in [3.05, 3.63) is 64.6 Å². The SMILES string of the molecule is C/C(=N\NS(=O)(=O)c1ccccc1)c1cccc(Br)c1. The fourth-order valence-corrected chi connectivity index (χ4v) is 2.84. The van der Waals surface area contributed by atoms with Gasteiger partial charge in [-0.15, -0.1) is 0 Å². The van der Waals surface area contributed by atoms with E-state index in [1.165, 1.54) is 12.1 Å². The van der Waals surface area contributed by atoms with E-state index < -0.39 is 10.0 Å². The molecule has 0 amide bonds. The average Bonchev–Trinajstić information content (AvgIpc) is 2.46. The van der Waals surface area contributed by atoms with E-state index in [1.54, 1.807) is 25.1 Å². The lowest BCUT2D eigenvalue weighted by Gasteiger charge is -2.05. The highest BCUT2D eigenvalue weighted by Gasteiger charge is 2.11. The molecule has 0 aliphatic heterocycles. The molecule has 2 rings (SSSR count). The molecular weight excluding hydrogens is 340 g/mol. The number of nitrogens with one attached hydrogen (secondary N) is 1. The molecule has 0 spiro atoms. The predicted octanol–water partition coefficient (Wildman–Crippen LogP) is 3.15. The summed E-state index contributed by atoms with van der Waals surface area (Å²) in [5, 5.41) is 3.94. The molecule has 0 aliphatic carbocycles. The second kappa shape index (κ2) is 6.19. The Hall–Kier alpha value is -1.66. The van der Waals surface area contributed by atoms with Gasteiger partial charge in [-0.25, -0.2) is 0 Å². The van der Waals surface area contributed by atoms with Crippen LogP contribution in [0.5, 0.6) is 0 Å². The van der Waals surface area contributed by atoms with E-state index in [1.807, 2.05) is 24.3 Å². The Morgan fingerprint density at radius 1 is 1.10 bits per heavy atom. The van der Waals surface area contributed by atoms with Gasteiger partial charge in [0.2, 0.25) is 0 Å². The number of halogens is 1. The number of rotatable bonds is 4. The third kappa shape index (κ3) is 3.68. The lowest BCUT2D eigenvalue weighted by atomic mass is 10.1. The third-order valence-electron chi connectivity index (χ3n) is 2.63. The van der Waals surface area contributed by atoms with Crippen molar-refractivity contribution in [3.63, 3.8) is 0 Å². The molecule has 2 aromatic rings. The largest absolute Gasteiger partial charge is 0.276 e. The lowest BCUT2D eigenvalue weighted by Crippen LogP contribution is -2.19. The van der Waals surface area contributed by atoms with Crippen LogP contribution in [0.1, 0.15) is 12.5 Å². The van der Waals surface area contributed by atoms with Gasteiger partial charge < -0.3 is 0 Å². The number of benzene rings is 2. The van der Waals surface area contributed by atoms with Gasteiger partial charge in [0.05, 0.1) is 10.6 Å². The molecule has 20 heavy (non-hydrogen) atoms. The first-order valence-electron chi connectivity index (χ1n) is 5.86. The first-order valence-corrected chi connectivity index (χ1v) is 8.14. The highest BCUT2D eigenvalue weighted by Crippen LogP contribution is 2.13. The molecular formula is C14H13BrN2O2S. The molecule has 2 aromatic carbocycles. The van der Waals surface area contributed by atoms with Gasteiger partial charge in [-0.3, -0.25) is 0 Å². The molecule has 1 N–H and O–H groups in total. The van der Waals surface area contributed by atoms with Crippen molar-refractivity contribution in [1.29, 1.82) is 0 Å². The van der Waals surface area contributed by atoms with E-state index in [0.717, 1.165) is 10.0 Å². The standard InChI is InChI=1S/C14H13BrN2O2S/c1-11(12-6-5-7-13(15)10-12)16-17-20(18,19)14-8-3-2-4-9-14/h2-10,17H,1H3/b16-11+. The molecule has 0 unspecified atom stereocenters. The van der Waals surface area contributed by atoms with E-state index in [4.69, 9.17) is 0 Å². The molecule has 0 bridgehead atoms. The van der Waals surface area contributed by atoms with Gasteiger partial charge in [0, 0.05) is 4.47 Å². The van der Waals surface area contributed by atoms with Gasteiger partial charge in [-0.1, -0.05) is 46.3 Å². The van der Waals surface area contributed by atoms with Gasteiger partial charge in [-0.2, -0.15) is 18.4 Å². The Bertz CT molecular complexity index is 728. The molecule has 4 nitrogen and oxygen atoms in total. The van der Waals surface area contributed by atoms with Gasteiger partial charge in [0.15, 0.2) is 0 Å². The fourth-order valence-electron chi connectivity index (χ4n) is 1.56. The predicted molar refractivity (Wildman–Crippen MR) is 83.1 cm³/mol. The summed E-state index contributed by atoms with van der Waals surface area (Å²) in [6.45, 7) is 1.75. The Morgan fingerprint density at radius 2 is 1.80 bits per heavy atom. The Kier molecular flexibility index (Phi) is 4.57. The van der Waals surface area contributed by atoms with Crippen molar-refractivity contribution in [2.45, 2.75) is 11.8 Å². The first-order chi connectivity index (χ1) is 9.49. The van der Waals surface area contributed by atoms with Crippen LogP contribution in [0.15, 0.2) is 69.1 Å². The molecule has 0 saturated heterocycles. The van der Waals surface area contributed by atoms with Gasteiger partial charge >= 0.3 is 0 Å². The Morgan fingerprint density at radius 3 is 2.45 bits per heavy atom. The molecule has 0 atom stereocenters. The number of sulfonamides is 1. The van der Waals surface area contributed by atoms with Crippen LogP contribution in [0.4, 0.5) is 0 Å². The molecule has 0 fully saturated rings. The van der Waals surface area contributed by atoms with E-state index in [-0.39, 0.29) is 4.90 Å². The smallest absolute Gasteiger partial charge is 0.200 e. The van der Waals surface area contributed by atoms with Crippen LogP contribution in [0, 0.1) is 0 Å². The second-order valence-electron chi connectivity index (χ2n) is 4.12. The minimum absolute atomic E-state index is 0.186. The number of hydrogen-bond donors (Lipinski definition) is 1. The summed E-state index contributed by atoms with van der Waals surface area (Å²) in [7, 11) is -3.62. The summed E-state index contributed by atoms with van der Waals surface area (Å²) in [5.74, 6) is 0. The third-order valence-corrected chi connectivity index (χ3v) is 4.35. The molecule has 104 valence electrons. The molecule has 0 aromatic heterocycles. The van der Waals surface area contributed by atoms with Crippen molar-refractivity contribution in [2.24, 2.45) is 5.10 Å². The van der Waals surface area contributed by atoms with Crippen LogP contribution in [0.25, 0.3) is 0 Å². The first kappa shape index (κ1) is 14.7. The summed E-state index contributed by atoms with van der Waals surface area (Å²) in [6, 6.07) is 15.6. The van der Waals surface area contributed by atoms with Crippen LogP contribution in [0.3, 0.4) is 0 Å². The van der Waals surface area contributed by atoms with Crippen LogP contribution in [0.2, 0.25) is 0 Å². The molecule has 6 heteroatoms. The maximum Gasteiger partial charge on any atom is 0.276 e. The van der Waals surface area contributed by atoms with Crippen LogP contribution in [-0.4, -0.2) is 14.1 Å². The summed E-state index contributed by atoms with van der Waals surface area (Å²) >= 11 is 3.36. The summed E-state index contributed by atoms with van der Waals surface area (Å²) < 4.78 is 24.9. The van der Waals surface area contributed by atoms with E-state index in [2.05, 4.69) is 25.9 Å². The molecule has 0 heterocycles. The summed E-state index contributed by atoms with van der Waals surface area (Å²) in [4.78, 5) is 2.42. The highest BCUT2D eigenvalue weighted by molar-refractivity contribution is 9.10. The van der Waals surface area contributed by atoms with E-state index in [9.17, 15) is 8.42 Å². The minimum Gasteiger partial charge on any atom is -0.200 e. The summed E-state index contributed by atoms with van der Waals surface area (Å²) in [5.41, 5.74) is 1.43. The van der Waals surface area contributed by atoms with Crippen LogP contribution in [-0.2, 0) is 10.0 Å². The van der Waals surface area contributed by atoms with Gasteiger partial charge in [-0.05, 0) is 36.8 Å². The van der Waals surface area contributed by atoms with Crippen molar-refractivity contribution in [3.8, 4) is 0 Å². The zero-order valence-electron chi connectivity index (χ0n) is 10.7.